The van der Waals surface area contributed by atoms with Crippen LogP contribution in [0, 0.1) is 11.3 Å². The van der Waals surface area contributed by atoms with Crippen LogP contribution in [0.1, 0.15) is 32.1 Å². The molecule has 1 aliphatic heterocycles. The molecule has 2 atom stereocenters. The number of nitrogens with zero attached hydrogens (tertiary/aromatic N) is 1. The molecular formula is C12H22N2. The highest BCUT2D eigenvalue weighted by Crippen LogP contribution is 2.57. The van der Waals surface area contributed by atoms with Crippen molar-refractivity contribution in [2.24, 2.45) is 11.3 Å². The second-order valence-corrected chi connectivity index (χ2v) is 5.79. The zero-order valence-corrected chi connectivity index (χ0v) is 9.26. The molecule has 3 rings (SSSR count). The van der Waals surface area contributed by atoms with E-state index in [1.54, 1.807) is 0 Å². The molecule has 2 nitrogen and oxygen atoms in total. The average molecular weight is 194 g/mol. The molecule has 1 spiro atoms. The van der Waals surface area contributed by atoms with Gasteiger partial charge in [-0.1, -0.05) is 0 Å². The predicted molar refractivity (Wildman–Crippen MR) is 58.3 cm³/mol. The molecule has 0 aromatic carbocycles. The molecule has 2 saturated carbocycles. The summed E-state index contributed by atoms with van der Waals surface area (Å²) >= 11 is 0. The van der Waals surface area contributed by atoms with E-state index in [2.05, 4.69) is 17.3 Å². The summed E-state index contributed by atoms with van der Waals surface area (Å²) in [6, 6.07) is 0.897. The molecule has 2 heteroatoms. The Balaban J connectivity index is 1.48. The van der Waals surface area contributed by atoms with E-state index in [0.717, 1.165) is 17.4 Å². The van der Waals surface area contributed by atoms with Crippen molar-refractivity contribution in [3.05, 3.63) is 0 Å². The maximum absolute atomic E-state index is 3.69. The zero-order valence-electron chi connectivity index (χ0n) is 9.26. The lowest BCUT2D eigenvalue weighted by atomic mass is 9.92. The molecule has 0 aromatic heterocycles. The van der Waals surface area contributed by atoms with Crippen LogP contribution in [0.2, 0.25) is 0 Å². The fourth-order valence-electron chi connectivity index (χ4n) is 3.21. The van der Waals surface area contributed by atoms with Gasteiger partial charge in [0, 0.05) is 12.6 Å². The van der Waals surface area contributed by atoms with E-state index in [-0.39, 0.29) is 0 Å². The number of rotatable bonds is 3. The summed E-state index contributed by atoms with van der Waals surface area (Å²) in [6.45, 7) is 3.99. The van der Waals surface area contributed by atoms with E-state index in [0.29, 0.717) is 0 Å². The van der Waals surface area contributed by atoms with Crippen LogP contribution in [0.3, 0.4) is 0 Å². The molecule has 2 aliphatic carbocycles. The molecule has 1 N–H and O–H groups in total. The topological polar surface area (TPSA) is 15.3 Å². The van der Waals surface area contributed by atoms with Gasteiger partial charge in [0.2, 0.25) is 0 Å². The summed E-state index contributed by atoms with van der Waals surface area (Å²) in [5.74, 6) is 1.01. The molecule has 2 unspecified atom stereocenters. The van der Waals surface area contributed by atoms with Crippen molar-refractivity contribution in [1.29, 1.82) is 0 Å². The summed E-state index contributed by atoms with van der Waals surface area (Å²) in [5.41, 5.74) is 0.745. The molecule has 0 aromatic rings. The van der Waals surface area contributed by atoms with Crippen LogP contribution < -0.4 is 5.32 Å². The Morgan fingerprint density at radius 2 is 2.29 bits per heavy atom. The molecule has 1 saturated heterocycles. The van der Waals surface area contributed by atoms with Crippen LogP contribution in [-0.2, 0) is 0 Å². The highest BCUT2D eigenvalue weighted by atomic mass is 15.1. The first kappa shape index (κ1) is 9.17. The lowest BCUT2D eigenvalue weighted by Crippen LogP contribution is -2.35. The minimum atomic E-state index is 0.745. The average Bonchev–Trinajstić information content (AvgIpc) is 3.00. The van der Waals surface area contributed by atoms with Crippen molar-refractivity contribution in [1.82, 2.24) is 10.2 Å². The molecule has 0 radical (unpaired) electrons. The smallest absolute Gasteiger partial charge is 0.00683 e. The van der Waals surface area contributed by atoms with E-state index >= 15 is 0 Å². The van der Waals surface area contributed by atoms with E-state index < -0.39 is 0 Å². The minimum Gasteiger partial charge on any atom is -0.314 e. The summed E-state index contributed by atoms with van der Waals surface area (Å²) in [5, 5.41) is 3.69. The Kier molecular flexibility index (Phi) is 2.10. The van der Waals surface area contributed by atoms with E-state index in [1.165, 1.54) is 51.7 Å². The van der Waals surface area contributed by atoms with Crippen molar-refractivity contribution >= 4 is 0 Å². The van der Waals surface area contributed by atoms with Gasteiger partial charge in [0.1, 0.15) is 0 Å². The SMILES string of the molecule is CN1CCCC2(CC2CNC2CC2)C1. The third-order valence-corrected chi connectivity index (χ3v) is 4.39. The van der Waals surface area contributed by atoms with Gasteiger partial charge in [0.25, 0.3) is 0 Å². The van der Waals surface area contributed by atoms with Gasteiger partial charge in [-0.25, -0.2) is 0 Å². The third kappa shape index (κ3) is 1.70. The lowest BCUT2D eigenvalue weighted by Gasteiger charge is -2.30. The molecule has 14 heavy (non-hydrogen) atoms. The van der Waals surface area contributed by atoms with Crippen LogP contribution in [0.25, 0.3) is 0 Å². The van der Waals surface area contributed by atoms with Crippen LogP contribution in [-0.4, -0.2) is 37.6 Å². The quantitative estimate of drug-likeness (QED) is 0.732. The Labute approximate surface area is 87.0 Å². The predicted octanol–water partition coefficient (Wildman–Crippen LogP) is 1.47. The number of hydrogen-bond acceptors (Lipinski definition) is 2. The highest BCUT2D eigenvalue weighted by molar-refractivity contribution is 5.06. The van der Waals surface area contributed by atoms with Gasteiger partial charge in [-0.15, -0.1) is 0 Å². The molecule has 0 bridgehead atoms. The normalized spacial score (nSPS) is 43.1. The second kappa shape index (κ2) is 3.21. The summed E-state index contributed by atoms with van der Waals surface area (Å²) in [7, 11) is 2.28. The first-order chi connectivity index (χ1) is 6.78. The van der Waals surface area contributed by atoms with Crippen molar-refractivity contribution in [3.8, 4) is 0 Å². The van der Waals surface area contributed by atoms with Crippen LogP contribution in [0.15, 0.2) is 0 Å². The van der Waals surface area contributed by atoms with Gasteiger partial charge in [-0.3, -0.25) is 0 Å². The van der Waals surface area contributed by atoms with Crippen LogP contribution >= 0.6 is 0 Å². The Morgan fingerprint density at radius 3 is 3.00 bits per heavy atom. The van der Waals surface area contributed by atoms with Crippen LogP contribution in [0.5, 0.6) is 0 Å². The number of piperidine rings is 1. The lowest BCUT2D eigenvalue weighted by molar-refractivity contribution is 0.180. The Morgan fingerprint density at radius 1 is 1.43 bits per heavy atom. The standard InChI is InChI=1S/C12H22N2/c1-14-6-2-5-12(9-14)7-10(12)8-13-11-3-4-11/h10-11,13H,2-9H2,1H3. The number of hydrogen-bond donors (Lipinski definition) is 1. The monoisotopic (exact) mass is 194 g/mol. The second-order valence-electron chi connectivity index (χ2n) is 5.79. The Hall–Kier alpha value is -0.0800. The first-order valence-electron chi connectivity index (χ1n) is 6.20. The summed E-state index contributed by atoms with van der Waals surface area (Å²) in [6.07, 6.45) is 7.28. The van der Waals surface area contributed by atoms with Crippen molar-refractivity contribution in [2.45, 2.75) is 38.1 Å². The first-order valence-corrected chi connectivity index (χ1v) is 6.20. The molecule has 3 aliphatic rings. The number of likely N-dealkylation sites (tertiary alicyclic amines) is 1. The fraction of sp³-hybridized carbons (Fsp3) is 1.00. The fourth-order valence-corrected chi connectivity index (χ4v) is 3.21. The third-order valence-electron chi connectivity index (χ3n) is 4.39. The summed E-state index contributed by atoms with van der Waals surface area (Å²) < 4.78 is 0. The van der Waals surface area contributed by atoms with Crippen molar-refractivity contribution in [3.63, 3.8) is 0 Å². The molecular weight excluding hydrogens is 172 g/mol. The maximum Gasteiger partial charge on any atom is 0.00683 e. The molecule has 1 heterocycles. The van der Waals surface area contributed by atoms with E-state index in [9.17, 15) is 0 Å². The maximum atomic E-state index is 3.69. The summed E-state index contributed by atoms with van der Waals surface area (Å²) in [4.78, 5) is 2.53. The number of nitrogens with one attached hydrogen (secondary N) is 1. The van der Waals surface area contributed by atoms with Gasteiger partial charge >= 0.3 is 0 Å². The van der Waals surface area contributed by atoms with Crippen molar-refractivity contribution in [2.75, 3.05) is 26.7 Å². The largest absolute Gasteiger partial charge is 0.314 e. The van der Waals surface area contributed by atoms with Gasteiger partial charge in [0.15, 0.2) is 0 Å². The van der Waals surface area contributed by atoms with Gasteiger partial charge in [0.05, 0.1) is 0 Å². The van der Waals surface area contributed by atoms with Crippen molar-refractivity contribution < 1.29 is 0 Å². The Bertz CT molecular complexity index is 224. The zero-order chi connectivity index (χ0) is 9.60. The van der Waals surface area contributed by atoms with E-state index in [1.807, 2.05) is 0 Å². The molecule has 80 valence electrons. The van der Waals surface area contributed by atoms with E-state index in [4.69, 9.17) is 0 Å². The van der Waals surface area contributed by atoms with Gasteiger partial charge in [-0.05, 0) is 63.6 Å². The highest BCUT2D eigenvalue weighted by Gasteiger charge is 2.54. The minimum absolute atomic E-state index is 0.745. The van der Waals surface area contributed by atoms with Gasteiger partial charge < -0.3 is 10.2 Å². The van der Waals surface area contributed by atoms with Gasteiger partial charge in [-0.2, -0.15) is 0 Å². The molecule has 0 amide bonds. The van der Waals surface area contributed by atoms with Crippen LogP contribution in [0.4, 0.5) is 0 Å². The molecule has 3 fully saturated rings.